The third kappa shape index (κ3) is 4.73. The van der Waals surface area contributed by atoms with Gasteiger partial charge < -0.3 is 14.2 Å². The lowest BCUT2D eigenvalue weighted by Crippen LogP contribution is -2.25. The van der Waals surface area contributed by atoms with E-state index in [4.69, 9.17) is 18.4 Å². The minimum Gasteiger partial charge on any atom is -0.493 e. The average Bonchev–Trinajstić information content (AvgIpc) is 2.97. The van der Waals surface area contributed by atoms with Crippen LogP contribution in [0.15, 0.2) is 41.3 Å². The van der Waals surface area contributed by atoms with Gasteiger partial charge in [0, 0.05) is 11.5 Å². The first-order chi connectivity index (χ1) is 14.4. The normalized spacial score (nSPS) is 19.7. The maximum Gasteiger partial charge on any atom is 0.297 e. The van der Waals surface area contributed by atoms with Gasteiger partial charge in [-0.2, -0.15) is 8.42 Å². The number of hydrogen-bond donors (Lipinski definition) is 0. The average molecular weight is 435 g/mol. The number of aryl methyl sites for hydroxylation is 1. The van der Waals surface area contributed by atoms with E-state index in [9.17, 15) is 8.42 Å². The molecule has 7 heteroatoms. The standard InChI is InChI=1S/C23H30O6S/c1-16-10-12-17(13-11-16)30(24,25)29-20-9-7-5-6-8-18(20)19-14-15-21(26-2)23(28-4)22(19)27-3/h10-15,18,20H,5-9H2,1-4H3/t18-,20+/m1/s1. The summed E-state index contributed by atoms with van der Waals surface area (Å²) in [6.45, 7) is 1.92. The fourth-order valence-corrected chi connectivity index (χ4v) is 5.22. The molecule has 1 saturated carbocycles. The maximum absolute atomic E-state index is 13.0. The first-order valence-electron chi connectivity index (χ1n) is 10.2. The van der Waals surface area contributed by atoms with Gasteiger partial charge in [0.2, 0.25) is 5.75 Å². The van der Waals surface area contributed by atoms with Crippen LogP contribution in [-0.4, -0.2) is 35.9 Å². The van der Waals surface area contributed by atoms with Crippen molar-refractivity contribution in [1.29, 1.82) is 0 Å². The van der Waals surface area contributed by atoms with Crippen LogP contribution in [0, 0.1) is 6.92 Å². The molecular formula is C23H30O6S. The Hall–Kier alpha value is -2.25. The number of hydrogen-bond acceptors (Lipinski definition) is 6. The SMILES string of the molecule is COc1ccc([C@H]2CCCCC[C@@H]2OS(=O)(=O)c2ccc(C)cc2)c(OC)c1OC. The van der Waals surface area contributed by atoms with Crippen LogP contribution in [0.25, 0.3) is 0 Å². The molecule has 0 aliphatic heterocycles. The van der Waals surface area contributed by atoms with Crippen LogP contribution in [0.2, 0.25) is 0 Å². The third-order valence-electron chi connectivity index (χ3n) is 5.65. The molecule has 6 nitrogen and oxygen atoms in total. The molecule has 0 amide bonds. The highest BCUT2D eigenvalue weighted by molar-refractivity contribution is 7.86. The lowest BCUT2D eigenvalue weighted by Gasteiger charge is -2.27. The molecule has 1 fully saturated rings. The summed E-state index contributed by atoms with van der Waals surface area (Å²) in [5, 5.41) is 0. The van der Waals surface area contributed by atoms with Gasteiger partial charge in [0.05, 0.1) is 32.3 Å². The van der Waals surface area contributed by atoms with Crippen LogP contribution < -0.4 is 14.2 Å². The molecule has 2 atom stereocenters. The lowest BCUT2D eigenvalue weighted by atomic mass is 9.88. The van der Waals surface area contributed by atoms with E-state index in [1.54, 1.807) is 45.6 Å². The lowest BCUT2D eigenvalue weighted by molar-refractivity contribution is 0.166. The molecule has 1 aliphatic carbocycles. The topological polar surface area (TPSA) is 71.1 Å². The molecule has 0 heterocycles. The van der Waals surface area contributed by atoms with Gasteiger partial charge in [0.1, 0.15) is 0 Å². The van der Waals surface area contributed by atoms with E-state index in [0.717, 1.165) is 36.8 Å². The van der Waals surface area contributed by atoms with Gasteiger partial charge in [-0.1, -0.05) is 43.0 Å². The Labute approximate surface area is 179 Å². The molecule has 2 aromatic rings. The molecule has 0 N–H and O–H groups in total. The highest BCUT2D eigenvalue weighted by atomic mass is 32.2. The van der Waals surface area contributed by atoms with E-state index in [1.165, 1.54) is 0 Å². The van der Waals surface area contributed by atoms with Gasteiger partial charge in [-0.25, -0.2) is 0 Å². The Morgan fingerprint density at radius 2 is 1.47 bits per heavy atom. The summed E-state index contributed by atoms with van der Waals surface area (Å²) < 4.78 is 48.4. The van der Waals surface area contributed by atoms with Crippen LogP contribution in [0.1, 0.15) is 49.1 Å². The van der Waals surface area contributed by atoms with Crippen molar-refractivity contribution in [3.63, 3.8) is 0 Å². The molecule has 1 aliphatic rings. The zero-order valence-electron chi connectivity index (χ0n) is 18.0. The van der Waals surface area contributed by atoms with Gasteiger partial charge >= 0.3 is 0 Å². The van der Waals surface area contributed by atoms with Crippen LogP contribution in [0.3, 0.4) is 0 Å². The third-order valence-corrected chi connectivity index (χ3v) is 7.00. The van der Waals surface area contributed by atoms with Gasteiger partial charge in [-0.3, -0.25) is 4.18 Å². The van der Waals surface area contributed by atoms with Crippen molar-refractivity contribution in [2.45, 2.75) is 55.9 Å². The fourth-order valence-electron chi connectivity index (χ4n) is 4.08. The van der Waals surface area contributed by atoms with Crippen molar-refractivity contribution < 1.29 is 26.8 Å². The van der Waals surface area contributed by atoms with E-state index in [2.05, 4.69) is 0 Å². The van der Waals surface area contributed by atoms with Gasteiger partial charge in [0.25, 0.3) is 10.1 Å². The fraction of sp³-hybridized carbons (Fsp3) is 0.478. The Kier molecular flexibility index (Phi) is 7.26. The second-order valence-corrected chi connectivity index (χ2v) is 9.14. The molecule has 0 saturated heterocycles. The van der Waals surface area contributed by atoms with Crippen molar-refractivity contribution in [2.75, 3.05) is 21.3 Å². The minimum atomic E-state index is -3.88. The Balaban J connectivity index is 1.99. The molecule has 0 spiro atoms. The Morgan fingerprint density at radius 3 is 2.10 bits per heavy atom. The molecule has 0 radical (unpaired) electrons. The smallest absolute Gasteiger partial charge is 0.297 e. The highest BCUT2D eigenvalue weighted by Crippen LogP contribution is 2.46. The number of rotatable bonds is 7. The summed E-state index contributed by atoms with van der Waals surface area (Å²) in [5.74, 6) is 1.49. The largest absolute Gasteiger partial charge is 0.493 e. The van der Waals surface area contributed by atoms with E-state index >= 15 is 0 Å². The Morgan fingerprint density at radius 1 is 0.800 bits per heavy atom. The van der Waals surface area contributed by atoms with Crippen LogP contribution in [0.4, 0.5) is 0 Å². The molecule has 164 valence electrons. The number of ether oxygens (including phenoxy) is 3. The summed E-state index contributed by atoms with van der Waals surface area (Å²) in [5.41, 5.74) is 1.87. The summed E-state index contributed by atoms with van der Waals surface area (Å²) in [6, 6.07) is 10.5. The summed E-state index contributed by atoms with van der Waals surface area (Å²) in [7, 11) is 0.836. The highest BCUT2D eigenvalue weighted by Gasteiger charge is 2.34. The van der Waals surface area contributed by atoms with Crippen molar-refractivity contribution in [3.05, 3.63) is 47.5 Å². The monoisotopic (exact) mass is 434 g/mol. The van der Waals surface area contributed by atoms with Gasteiger partial charge in [0.15, 0.2) is 11.5 Å². The molecule has 30 heavy (non-hydrogen) atoms. The predicted molar refractivity (Wildman–Crippen MR) is 115 cm³/mol. The van der Waals surface area contributed by atoms with Crippen molar-refractivity contribution >= 4 is 10.1 Å². The molecular weight excluding hydrogens is 404 g/mol. The summed E-state index contributed by atoms with van der Waals surface area (Å²) >= 11 is 0. The second-order valence-electron chi connectivity index (χ2n) is 7.57. The number of methoxy groups -OCH3 is 3. The molecule has 0 bridgehead atoms. The maximum atomic E-state index is 13.0. The molecule has 2 aromatic carbocycles. The van der Waals surface area contributed by atoms with E-state index in [-0.39, 0.29) is 10.8 Å². The Bertz CT molecular complexity index is 952. The van der Waals surface area contributed by atoms with Gasteiger partial charge in [-0.05, 0) is 38.0 Å². The molecule has 3 rings (SSSR count). The van der Waals surface area contributed by atoms with E-state index in [1.807, 2.05) is 19.1 Å². The van der Waals surface area contributed by atoms with Crippen LogP contribution >= 0.6 is 0 Å². The quantitative estimate of drug-likeness (QED) is 0.459. The zero-order valence-corrected chi connectivity index (χ0v) is 18.8. The zero-order chi connectivity index (χ0) is 21.7. The van der Waals surface area contributed by atoms with E-state index in [0.29, 0.717) is 23.7 Å². The van der Waals surface area contributed by atoms with Crippen molar-refractivity contribution in [1.82, 2.24) is 0 Å². The van der Waals surface area contributed by atoms with Crippen LogP contribution in [-0.2, 0) is 14.3 Å². The predicted octanol–water partition coefficient (Wildman–Crippen LogP) is 4.84. The van der Waals surface area contributed by atoms with Crippen molar-refractivity contribution in [3.8, 4) is 17.2 Å². The first kappa shape index (κ1) is 22.4. The van der Waals surface area contributed by atoms with Crippen molar-refractivity contribution in [2.24, 2.45) is 0 Å². The second kappa shape index (κ2) is 9.71. The molecule has 0 aromatic heterocycles. The van der Waals surface area contributed by atoms with E-state index < -0.39 is 16.2 Å². The number of benzene rings is 2. The molecule has 0 unspecified atom stereocenters. The van der Waals surface area contributed by atoms with Crippen LogP contribution in [0.5, 0.6) is 17.2 Å². The summed E-state index contributed by atoms with van der Waals surface area (Å²) in [6.07, 6.45) is 3.93. The van der Waals surface area contributed by atoms with Gasteiger partial charge in [-0.15, -0.1) is 0 Å². The first-order valence-corrected chi connectivity index (χ1v) is 11.6. The minimum absolute atomic E-state index is 0.137. The summed E-state index contributed by atoms with van der Waals surface area (Å²) in [4.78, 5) is 0.176.